The van der Waals surface area contributed by atoms with E-state index in [0.29, 0.717) is 0 Å². The van der Waals surface area contributed by atoms with E-state index in [1.165, 1.54) is 5.57 Å². The van der Waals surface area contributed by atoms with Crippen molar-refractivity contribution in [3.63, 3.8) is 0 Å². The van der Waals surface area contributed by atoms with Crippen molar-refractivity contribution in [3.05, 3.63) is 11.6 Å². The molecule has 0 aromatic rings. The fourth-order valence-corrected chi connectivity index (χ4v) is 1.46. The lowest BCUT2D eigenvalue weighted by Crippen LogP contribution is -2.27. The molecule has 0 aliphatic carbocycles. The zero-order valence-corrected chi connectivity index (χ0v) is 7.38. The quantitative estimate of drug-likeness (QED) is 0.571. The molecule has 11 heavy (non-hydrogen) atoms. The summed E-state index contributed by atoms with van der Waals surface area (Å²) < 4.78 is 0. The van der Waals surface area contributed by atoms with Crippen LogP contribution in [0.25, 0.3) is 0 Å². The Morgan fingerprint density at radius 1 is 1.73 bits per heavy atom. The number of likely N-dealkylation sites (N-methyl/N-ethyl adjacent to an activating group) is 1. The van der Waals surface area contributed by atoms with Gasteiger partial charge in [0, 0.05) is 13.1 Å². The van der Waals surface area contributed by atoms with Crippen LogP contribution in [0.2, 0.25) is 0 Å². The first-order valence-electron chi connectivity index (χ1n) is 4.27. The van der Waals surface area contributed by atoms with Crippen LogP contribution in [-0.4, -0.2) is 36.2 Å². The summed E-state index contributed by atoms with van der Waals surface area (Å²) in [6.45, 7) is 3.93. The number of hydrogen-bond donors (Lipinski definition) is 1. The highest BCUT2D eigenvalue weighted by molar-refractivity contribution is 5.06. The van der Waals surface area contributed by atoms with E-state index in [1.54, 1.807) is 0 Å². The Labute approximate surface area is 68.5 Å². The lowest BCUT2D eigenvalue weighted by atomic mass is 10.1. The monoisotopic (exact) mass is 155 g/mol. The summed E-state index contributed by atoms with van der Waals surface area (Å²) in [5.74, 6) is 0. The minimum atomic E-state index is -0.159. The first-order valence-corrected chi connectivity index (χ1v) is 4.27. The van der Waals surface area contributed by atoms with Crippen molar-refractivity contribution in [1.29, 1.82) is 0 Å². The highest BCUT2D eigenvalue weighted by Gasteiger charge is 2.12. The average Bonchev–Trinajstić information content (AvgIpc) is 2.11. The van der Waals surface area contributed by atoms with E-state index in [-0.39, 0.29) is 6.10 Å². The summed E-state index contributed by atoms with van der Waals surface area (Å²) in [5.41, 5.74) is 1.39. The maximum Gasteiger partial charge on any atom is 0.0704 e. The highest BCUT2D eigenvalue weighted by atomic mass is 16.3. The van der Waals surface area contributed by atoms with E-state index < -0.39 is 0 Å². The van der Waals surface area contributed by atoms with E-state index in [1.807, 2.05) is 7.05 Å². The van der Waals surface area contributed by atoms with Gasteiger partial charge in [0.2, 0.25) is 0 Å². The Balaban J connectivity index is 2.54. The Morgan fingerprint density at radius 2 is 2.45 bits per heavy atom. The van der Waals surface area contributed by atoms with Crippen LogP contribution in [0.15, 0.2) is 11.6 Å². The molecule has 1 heterocycles. The van der Waals surface area contributed by atoms with Gasteiger partial charge < -0.3 is 10.0 Å². The Bertz CT molecular complexity index is 154. The minimum Gasteiger partial charge on any atom is -0.391 e. The predicted octanol–water partition coefficient (Wildman–Crippen LogP) is 1.02. The second-order valence-corrected chi connectivity index (χ2v) is 3.30. The molecule has 0 saturated carbocycles. The van der Waals surface area contributed by atoms with Crippen LogP contribution in [0.3, 0.4) is 0 Å². The lowest BCUT2D eigenvalue weighted by Gasteiger charge is -2.14. The van der Waals surface area contributed by atoms with Crippen molar-refractivity contribution in [2.45, 2.75) is 25.9 Å². The van der Waals surface area contributed by atoms with Gasteiger partial charge in [0.05, 0.1) is 6.10 Å². The number of nitrogens with zero attached hydrogens (tertiary/aromatic N) is 1. The summed E-state index contributed by atoms with van der Waals surface area (Å²) in [5, 5.41) is 9.48. The molecular weight excluding hydrogens is 138 g/mol. The molecule has 0 radical (unpaired) electrons. The third-order valence-electron chi connectivity index (χ3n) is 2.17. The summed E-state index contributed by atoms with van der Waals surface area (Å²) in [4.78, 5) is 2.15. The van der Waals surface area contributed by atoms with Crippen molar-refractivity contribution in [3.8, 4) is 0 Å². The highest BCUT2D eigenvalue weighted by Crippen LogP contribution is 2.13. The van der Waals surface area contributed by atoms with E-state index in [2.05, 4.69) is 17.9 Å². The molecule has 1 atom stereocenters. The van der Waals surface area contributed by atoms with Crippen LogP contribution in [0.1, 0.15) is 19.8 Å². The Kier molecular flexibility index (Phi) is 3.09. The standard InChI is InChI=1S/C9H17NO/c1-3-8-4-5-10(2)7-9(11)6-8/h4,9,11H,3,5-7H2,1-2H3. The molecule has 0 spiro atoms. The number of aliphatic hydroxyl groups excluding tert-OH is 1. The molecule has 1 N–H and O–H groups in total. The van der Waals surface area contributed by atoms with Crippen LogP contribution < -0.4 is 0 Å². The zero-order chi connectivity index (χ0) is 8.27. The molecule has 0 bridgehead atoms. The van der Waals surface area contributed by atoms with Gasteiger partial charge in [-0.2, -0.15) is 0 Å². The number of β-amino-alcohol motifs (C(OH)–C–C–N with tert-alkyl or cyclic N) is 1. The van der Waals surface area contributed by atoms with Crippen molar-refractivity contribution in [2.24, 2.45) is 0 Å². The topological polar surface area (TPSA) is 23.5 Å². The molecule has 64 valence electrons. The molecule has 0 fully saturated rings. The zero-order valence-electron chi connectivity index (χ0n) is 7.38. The van der Waals surface area contributed by atoms with E-state index in [4.69, 9.17) is 0 Å². The van der Waals surface area contributed by atoms with Gasteiger partial charge in [-0.3, -0.25) is 0 Å². The molecule has 1 aliphatic rings. The Morgan fingerprint density at radius 3 is 3.09 bits per heavy atom. The smallest absolute Gasteiger partial charge is 0.0704 e. The normalized spacial score (nSPS) is 27.9. The van der Waals surface area contributed by atoms with Gasteiger partial charge in [0.15, 0.2) is 0 Å². The van der Waals surface area contributed by atoms with Crippen molar-refractivity contribution in [2.75, 3.05) is 20.1 Å². The summed E-state index contributed by atoms with van der Waals surface area (Å²) in [7, 11) is 2.04. The molecule has 1 rings (SSSR count). The van der Waals surface area contributed by atoms with E-state index in [9.17, 15) is 5.11 Å². The fraction of sp³-hybridized carbons (Fsp3) is 0.778. The van der Waals surface area contributed by atoms with E-state index >= 15 is 0 Å². The van der Waals surface area contributed by atoms with Gasteiger partial charge in [-0.25, -0.2) is 0 Å². The molecule has 2 nitrogen and oxygen atoms in total. The van der Waals surface area contributed by atoms with Crippen LogP contribution in [0.4, 0.5) is 0 Å². The molecule has 1 aliphatic heterocycles. The third kappa shape index (κ3) is 2.64. The summed E-state index contributed by atoms with van der Waals surface area (Å²) in [6, 6.07) is 0. The van der Waals surface area contributed by atoms with Crippen molar-refractivity contribution < 1.29 is 5.11 Å². The first-order chi connectivity index (χ1) is 5.22. The maximum absolute atomic E-state index is 9.48. The molecule has 0 aromatic carbocycles. The number of hydrogen-bond acceptors (Lipinski definition) is 2. The second kappa shape index (κ2) is 3.88. The van der Waals surface area contributed by atoms with Crippen molar-refractivity contribution >= 4 is 0 Å². The summed E-state index contributed by atoms with van der Waals surface area (Å²) >= 11 is 0. The maximum atomic E-state index is 9.48. The number of aliphatic hydroxyl groups is 1. The van der Waals surface area contributed by atoms with Crippen molar-refractivity contribution in [1.82, 2.24) is 4.90 Å². The SMILES string of the molecule is CCC1=CCN(C)CC(O)C1. The lowest BCUT2D eigenvalue weighted by molar-refractivity contribution is 0.135. The van der Waals surface area contributed by atoms with E-state index in [0.717, 1.165) is 25.9 Å². The molecule has 0 amide bonds. The molecule has 1 unspecified atom stereocenters. The third-order valence-corrected chi connectivity index (χ3v) is 2.17. The van der Waals surface area contributed by atoms with Crippen LogP contribution in [-0.2, 0) is 0 Å². The molecule has 0 aromatic heterocycles. The fourth-order valence-electron chi connectivity index (χ4n) is 1.46. The van der Waals surface area contributed by atoms with Crippen LogP contribution in [0.5, 0.6) is 0 Å². The predicted molar refractivity (Wildman–Crippen MR) is 46.5 cm³/mol. The molecule has 0 saturated heterocycles. The van der Waals surface area contributed by atoms with Gasteiger partial charge in [-0.15, -0.1) is 0 Å². The van der Waals surface area contributed by atoms with Gasteiger partial charge in [0.1, 0.15) is 0 Å². The average molecular weight is 155 g/mol. The number of rotatable bonds is 1. The first kappa shape index (κ1) is 8.75. The Hall–Kier alpha value is -0.340. The second-order valence-electron chi connectivity index (χ2n) is 3.30. The van der Waals surface area contributed by atoms with Gasteiger partial charge in [-0.1, -0.05) is 18.6 Å². The van der Waals surface area contributed by atoms with Crippen LogP contribution in [0, 0.1) is 0 Å². The van der Waals surface area contributed by atoms with Gasteiger partial charge in [-0.05, 0) is 19.9 Å². The van der Waals surface area contributed by atoms with Crippen LogP contribution >= 0.6 is 0 Å². The largest absolute Gasteiger partial charge is 0.391 e. The van der Waals surface area contributed by atoms with Gasteiger partial charge in [0.25, 0.3) is 0 Å². The summed E-state index contributed by atoms with van der Waals surface area (Å²) in [6.07, 6.45) is 4.01. The van der Waals surface area contributed by atoms with Gasteiger partial charge >= 0.3 is 0 Å². The molecule has 2 heteroatoms. The molecular formula is C9H17NO. The minimum absolute atomic E-state index is 0.159.